The molecule has 18 heavy (non-hydrogen) atoms. The van der Waals surface area contributed by atoms with Crippen molar-refractivity contribution in [3.63, 3.8) is 0 Å². The Labute approximate surface area is 107 Å². The summed E-state index contributed by atoms with van der Waals surface area (Å²) < 4.78 is 7.59. The van der Waals surface area contributed by atoms with E-state index in [9.17, 15) is 0 Å². The number of ether oxygens (including phenoxy) is 1. The van der Waals surface area contributed by atoms with Crippen LogP contribution in [-0.2, 0) is 13.5 Å². The SMILES string of the molecule is C[C@@H](N)c1cccc(OCCc2ccnn2C)c1. The molecule has 1 heterocycles. The predicted octanol–water partition coefficient (Wildman–Crippen LogP) is 2.06. The fourth-order valence-corrected chi connectivity index (χ4v) is 1.81. The van der Waals surface area contributed by atoms with E-state index in [1.807, 2.05) is 49.0 Å². The van der Waals surface area contributed by atoms with E-state index in [0.29, 0.717) is 6.61 Å². The van der Waals surface area contributed by atoms with Gasteiger partial charge in [0.15, 0.2) is 0 Å². The van der Waals surface area contributed by atoms with Crippen molar-refractivity contribution in [3.05, 3.63) is 47.8 Å². The summed E-state index contributed by atoms with van der Waals surface area (Å²) in [5.41, 5.74) is 8.10. The lowest BCUT2D eigenvalue weighted by Gasteiger charge is -2.10. The lowest BCUT2D eigenvalue weighted by Crippen LogP contribution is -2.07. The first-order chi connectivity index (χ1) is 8.66. The highest BCUT2D eigenvalue weighted by Crippen LogP contribution is 2.17. The fourth-order valence-electron chi connectivity index (χ4n) is 1.81. The topological polar surface area (TPSA) is 53.1 Å². The molecule has 0 radical (unpaired) electrons. The molecule has 0 spiro atoms. The van der Waals surface area contributed by atoms with E-state index in [4.69, 9.17) is 10.5 Å². The number of benzene rings is 1. The molecule has 1 atom stereocenters. The second kappa shape index (κ2) is 5.69. The minimum Gasteiger partial charge on any atom is -0.493 e. The molecule has 2 N–H and O–H groups in total. The molecule has 0 saturated carbocycles. The molecule has 0 fully saturated rings. The van der Waals surface area contributed by atoms with Crippen LogP contribution < -0.4 is 10.5 Å². The van der Waals surface area contributed by atoms with Crippen molar-refractivity contribution in [1.29, 1.82) is 0 Å². The van der Waals surface area contributed by atoms with E-state index < -0.39 is 0 Å². The van der Waals surface area contributed by atoms with Crippen LogP contribution in [0.1, 0.15) is 24.2 Å². The van der Waals surface area contributed by atoms with Gasteiger partial charge in [0.05, 0.1) is 6.61 Å². The Morgan fingerprint density at radius 3 is 2.89 bits per heavy atom. The summed E-state index contributed by atoms with van der Waals surface area (Å²) in [4.78, 5) is 0. The van der Waals surface area contributed by atoms with Crippen molar-refractivity contribution < 1.29 is 4.74 Å². The highest BCUT2D eigenvalue weighted by atomic mass is 16.5. The first-order valence-corrected chi connectivity index (χ1v) is 6.12. The van der Waals surface area contributed by atoms with Crippen LogP contribution in [-0.4, -0.2) is 16.4 Å². The van der Waals surface area contributed by atoms with E-state index in [1.54, 1.807) is 6.20 Å². The van der Waals surface area contributed by atoms with Gasteiger partial charge in [-0.25, -0.2) is 0 Å². The zero-order valence-corrected chi connectivity index (χ0v) is 10.8. The smallest absolute Gasteiger partial charge is 0.119 e. The molecule has 1 aromatic carbocycles. The van der Waals surface area contributed by atoms with Crippen molar-refractivity contribution in [2.45, 2.75) is 19.4 Å². The van der Waals surface area contributed by atoms with Gasteiger partial charge in [-0.05, 0) is 30.7 Å². The zero-order valence-electron chi connectivity index (χ0n) is 10.8. The molecule has 4 heteroatoms. The molecule has 4 nitrogen and oxygen atoms in total. The van der Waals surface area contributed by atoms with Crippen molar-refractivity contribution >= 4 is 0 Å². The number of rotatable bonds is 5. The fraction of sp³-hybridized carbons (Fsp3) is 0.357. The molecule has 0 saturated heterocycles. The molecule has 0 aliphatic rings. The Hall–Kier alpha value is -1.81. The van der Waals surface area contributed by atoms with E-state index in [1.165, 1.54) is 5.69 Å². The van der Waals surface area contributed by atoms with Crippen molar-refractivity contribution in [2.75, 3.05) is 6.61 Å². The lowest BCUT2D eigenvalue weighted by molar-refractivity contribution is 0.318. The van der Waals surface area contributed by atoms with Crippen molar-refractivity contribution in [3.8, 4) is 5.75 Å². The van der Waals surface area contributed by atoms with E-state index in [2.05, 4.69) is 5.10 Å². The first-order valence-electron chi connectivity index (χ1n) is 6.12. The summed E-state index contributed by atoms with van der Waals surface area (Å²) in [5, 5.41) is 4.12. The van der Waals surface area contributed by atoms with Crippen LogP contribution in [0.15, 0.2) is 36.5 Å². The van der Waals surface area contributed by atoms with Gasteiger partial charge in [0.1, 0.15) is 5.75 Å². The Morgan fingerprint density at radius 1 is 1.39 bits per heavy atom. The van der Waals surface area contributed by atoms with Crippen LogP contribution in [0.25, 0.3) is 0 Å². The summed E-state index contributed by atoms with van der Waals surface area (Å²) in [5.74, 6) is 0.868. The van der Waals surface area contributed by atoms with Crippen LogP contribution >= 0.6 is 0 Å². The number of hydrogen-bond donors (Lipinski definition) is 1. The van der Waals surface area contributed by atoms with Gasteiger partial charge >= 0.3 is 0 Å². The van der Waals surface area contributed by atoms with Gasteiger partial charge < -0.3 is 10.5 Å². The average Bonchev–Trinajstić information content (AvgIpc) is 2.76. The third-order valence-electron chi connectivity index (χ3n) is 2.93. The molecular formula is C14H19N3O. The van der Waals surface area contributed by atoms with Crippen LogP contribution in [0.5, 0.6) is 5.75 Å². The predicted molar refractivity (Wildman–Crippen MR) is 71.5 cm³/mol. The second-order valence-corrected chi connectivity index (χ2v) is 4.41. The number of aromatic nitrogens is 2. The quantitative estimate of drug-likeness (QED) is 0.877. The summed E-state index contributed by atoms with van der Waals surface area (Å²) >= 11 is 0. The maximum Gasteiger partial charge on any atom is 0.119 e. The summed E-state index contributed by atoms with van der Waals surface area (Å²) in [6.45, 7) is 2.61. The molecular weight excluding hydrogens is 226 g/mol. The second-order valence-electron chi connectivity index (χ2n) is 4.41. The number of nitrogens with zero attached hydrogens (tertiary/aromatic N) is 2. The monoisotopic (exact) mass is 245 g/mol. The Bertz CT molecular complexity index is 505. The van der Waals surface area contributed by atoms with Crippen LogP contribution in [0.3, 0.4) is 0 Å². The van der Waals surface area contributed by atoms with Gasteiger partial charge in [0, 0.05) is 31.4 Å². The van der Waals surface area contributed by atoms with Crippen molar-refractivity contribution in [1.82, 2.24) is 9.78 Å². The largest absolute Gasteiger partial charge is 0.493 e. The summed E-state index contributed by atoms with van der Waals surface area (Å²) in [6, 6.07) is 9.97. The van der Waals surface area contributed by atoms with Crippen LogP contribution in [0.2, 0.25) is 0 Å². The molecule has 0 unspecified atom stereocenters. The molecule has 0 aliphatic carbocycles. The van der Waals surface area contributed by atoms with Crippen molar-refractivity contribution in [2.24, 2.45) is 12.8 Å². The normalized spacial score (nSPS) is 12.4. The lowest BCUT2D eigenvalue weighted by atomic mass is 10.1. The van der Waals surface area contributed by atoms with Gasteiger partial charge in [-0.1, -0.05) is 12.1 Å². The van der Waals surface area contributed by atoms with Gasteiger partial charge in [0.2, 0.25) is 0 Å². The number of nitrogens with two attached hydrogens (primary N) is 1. The van der Waals surface area contributed by atoms with Crippen LogP contribution in [0, 0.1) is 0 Å². The third-order valence-corrected chi connectivity index (χ3v) is 2.93. The van der Waals surface area contributed by atoms with Gasteiger partial charge in [-0.3, -0.25) is 4.68 Å². The molecule has 2 aromatic rings. The first kappa shape index (κ1) is 12.6. The van der Waals surface area contributed by atoms with Crippen LogP contribution in [0.4, 0.5) is 0 Å². The highest BCUT2D eigenvalue weighted by molar-refractivity contribution is 5.30. The highest BCUT2D eigenvalue weighted by Gasteiger charge is 2.02. The summed E-state index contributed by atoms with van der Waals surface area (Å²) in [7, 11) is 1.94. The molecule has 2 rings (SSSR count). The molecule has 1 aromatic heterocycles. The maximum absolute atomic E-state index is 5.84. The minimum absolute atomic E-state index is 0.0330. The Morgan fingerprint density at radius 2 is 2.22 bits per heavy atom. The zero-order chi connectivity index (χ0) is 13.0. The van der Waals surface area contributed by atoms with Gasteiger partial charge in [-0.15, -0.1) is 0 Å². The maximum atomic E-state index is 5.84. The Kier molecular flexibility index (Phi) is 3.99. The van der Waals surface area contributed by atoms with E-state index >= 15 is 0 Å². The number of aryl methyl sites for hydroxylation is 1. The van der Waals surface area contributed by atoms with E-state index in [0.717, 1.165) is 17.7 Å². The van der Waals surface area contributed by atoms with E-state index in [-0.39, 0.29) is 6.04 Å². The standard InChI is InChI=1S/C14H19N3O/c1-11(15)12-4-3-5-14(10-12)18-9-7-13-6-8-16-17(13)2/h3-6,8,10-11H,7,9,15H2,1-2H3/t11-/m1/s1. The average molecular weight is 245 g/mol. The molecule has 0 bridgehead atoms. The molecule has 0 amide bonds. The molecule has 96 valence electrons. The number of hydrogen-bond acceptors (Lipinski definition) is 3. The summed E-state index contributed by atoms with van der Waals surface area (Å²) in [6.07, 6.45) is 2.64. The minimum atomic E-state index is 0.0330. The van der Waals surface area contributed by atoms with Gasteiger partial charge in [0.25, 0.3) is 0 Å². The van der Waals surface area contributed by atoms with Gasteiger partial charge in [-0.2, -0.15) is 5.10 Å². The Balaban J connectivity index is 1.90. The third kappa shape index (κ3) is 3.11. The molecule has 0 aliphatic heterocycles.